The smallest absolute Gasteiger partial charge is 0.335 e. The predicted octanol–water partition coefficient (Wildman–Crippen LogP) is 3.52. The minimum Gasteiger partial charge on any atom is -0.478 e. The van der Waals surface area contributed by atoms with Gasteiger partial charge in [0, 0.05) is 22.1 Å². The van der Waals surface area contributed by atoms with Gasteiger partial charge in [0.15, 0.2) is 0 Å². The maximum atomic E-state index is 12.0. The highest BCUT2D eigenvalue weighted by Crippen LogP contribution is 2.32. The first-order chi connectivity index (χ1) is 25.0. The molecule has 0 radical (unpaired) electrons. The van der Waals surface area contributed by atoms with Crippen LogP contribution < -0.4 is 16.3 Å². The van der Waals surface area contributed by atoms with Crippen LogP contribution >= 0.6 is 0 Å². The molecule has 0 saturated carbocycles. The van der Waals surface area contributed by atoms with Gasteiger partial charge in [0.25, 0.3) is 46.1 Å². The van der Waals surface area contributed by atoms with Crippen molar-refractivity contribution in [2.24, 2.45) is 4.99 Å². The van der Waals surface area contributed by atoms with Crippen LogP contribution in [-0.2, 0) is 40.5 Å². The summed E-state index contributed by atoms with van der Waals surface area (Å²) in [5, 5.41) is 14.8. The second kappa shape index (κ2) is 13.5. The van der Waals surface area contributed by atoms with E-state index in [0.29, 0.717) is 12.1 Å². The number of H-pyrrole nitrogens is 1. The Kier molecular flexibility index (Phi) is 9.49. The van der Waals surface area contributed by atoms with Gasteiger partial charge in [-0.3, -0.25) is 23.2 Å². The Morgan fingerprint density at radius 1 is 0.593 bits per heavy atom. The van der Waals surface area contributed by atoms with Crippen LogP contribution in [0.1, 0.15) is 10.4 Å². The number of carboxylic acid groups (broad SMARTS) is 1. The first kappa shape index (κ1) is 37.9. The fourth-order valence-electron chi connectivity index (χ4n) is 5.16. The van der Waals surface area contributed by atoms with Crippen LogP contribution in [0.5, 0.6) is 0 Å². The second-order valence-corrected chi connectivity index (χ2v) is 16.8. The van der Waals surface area contributed by atoms with Crippen LogP contribution in [0.4, 0.5) is 29.0 Å². The van der Waals surface area contributed by atoms with Gasteiger partial charge in [-0.1, -0.05) is 18.2 Å². The Bertz CT molecular complexity index is 2920. The number of carboxylic acids is 1. The maximum absolute atomic E-state index is 12.0. The Balaban J connectivity index is 1.48. The zero-order valence-corrected chi connectivity index (χ0v) is 29.7. The fourth-order valence-corrected chi connectivity index (χ4v) is 7.87. The molecule has 1 heterocycles. The van der Waals surface area contributed by atoms with Gasteiger partial charge in [0.1, 0.15) is 9.79 Å². The number of aromatic amines is 1. The Hall–Kier alpha value is -5.86. The number of hydrogen-bond acceptors (Lipinski definition) is 14. The topological polar surface area (TPSA) is 333 Å². The van der Waals surface area contributed by atoms with E-state index in [0.717, 1.165) is 12.1 Å². The van der Waals surface area contributed by atoms with Crippen LogP contribution in [0.15, 0.2) is 110 Å². The van der Waals surface area contributed by atoms with Gasteiger partial charge in [0.05, 0.1) is 21.0 Å². The Morgan fingerprint density at radius 2 is 1.06 bits per heavy atom. The highest BCUT2D eigenvalue weighted by molar-refractivity contribution is 7.87. The molecule has 5 aromatic carbocycles. The normalized spacial score (nSPS) is 12.4. The van der Waals surface area contributed by atoms with E-state index in [9.17, 15) is 61.8 Å². The van der Waals surface area contributed by atoms with Crippen molar-refractivity contribution in [3.63, 3.8) is 0 Å². The molecule has 8 N–H and O–H groups in total. The molecule has 0 aliphatic carbocycles. The summed E-state index contributed by atoms with van der Waals surface area (Å²) in [4.78, 5) is 23.9. The van der Waals surface area contributed by atoms with E-state index in [1.54, 1.807) is 0 Å². The van der Waals surface area contributed by atoms with Gasteiger partial charge in [-0.2, -0.15) is 43.6 Å². The van der Waals surface area contributed by atoms with Gasteiger partial charge in [-0.05, 0) is 77.5 Å². The summed E-state index contributed by atoms with van der Waals surface area (Å²) in [7, 11) is -19.8. The molecular weight excluding hydrogens is 797 g/mol. The Labute approximate surface area is 303 Å². The van der Waals surface area contributed by atoms with Crippen molar-refractivity contribution in [3.8, 4) is 0 Å². The molecule has 0 unspecified atom stereocenters. The van der Waals surface area contributed by atoms with E-state index >= 15 is 0 Å². The predicted molar refractivity (Wildman–Crippen MR) is 189 cm³/mol. The summed E-state index contributed by atoms with van der Waals surface area (Å²) in [6, 6.07) is 16.2. The minimum atomic E-state index is -4.96. The molecule has 24 heteroatoms. The third-order valence-corrected chi connectivity index (χ3v) is 10.9. The van der Waals surface area contributed by atoms with Gasteiger partial charge in [-0.25, -0.2) is 9.79 Å². The number of anilines is 4. The average molecular weight is 819 g/mol. The first-order valence-electron chi connectivity index (χ1n) is 14.5. The lowest BCUT2D eigenvalue weighted by Crippen LogP contribution is -2.18. The third kappa shape index (κ3) is 8.35. The summed E-state index contributed by atoms with van der Waals surface area (Å²) in [6.45, 7) is 0. The number of aromatic nitrogens is 3. The van der Waals surface area contributed by atoms with Crippen molar-refractivity contribution in [2.45, 2.75) is 19.6 Å². The molecule has 0 aliphatic rings. The summed E-state index contributed by atoms with van der Waals surface area (Å²) < 4.78 is 134. The summed E-state index contributed by atoms with van der Waals surface area (Å²) >= 11 is 0. The van der Waals surface area contributed by atoms with Gasteiger partial charge in [0.2, 0.25) is 11.9 Å². The van der Waals surface area contributed by atoms with Crippen molar-refractivity contribution in [2.75, 3.05) is 10.6 Å². The maximum Gasteiger partial charge on any atom is 0.335 e. The molecule has 280 valence electrons. The summed E-state index contributed by atoms with van der Waals surface area (Å²) in [5.41, 5.74) is -0.00733. The fraction of sp³-hybridized carbons (Fsp3) is 0. The molecule has 54 heavy (non-hydrogen) atoms. The number of fused-ring (bicyclic) bond motifs is 2. The number of hydrogen-bond donors (Lipinski definition) is 8. The lowest BCUT2D eigenvalue weighted by Gasteiger charge is -2.13. The van der Waals surface area contributed by atoms with Crippen molar-refractivity contribution < 1.29 is 61.8 Å². The van der Waals surface area contributed by atoms with Crippen LogP contribution in [0, 0.1) is 0 Å². The number of carbonyl (C=O) groups is 1. The molecule has 6 aromatic rings. The standard InChI is InChI=1S/C30H22N6O14S4/c37-27(38)15-2-1-3-18(8-15)31-28-34-29(32-19-4-6-23-16(9-19)11-21(51(39,40)41)13-25(23)53(45,46)47)36-30(35-28)33-20-5-7-24-17(10-20)12-22(52(42,43)44)14-26(24)54(48,49)50/h1-14H,(H,37,38)(H,39,40,41)(H,42,43,44)(H,45,46,47)(H,48,49,50)(H3,31,32,33,34,35,36). The molecule has 0 fully saturated rings. The van der Waals surface area contributed by atoms with Crippen molar-refractivity contribution in [3.05, 3.63) is 96.1 Å². The lowest BCUT2D eigenvalue weighted by atomic mass is 10.1. The van der Waals surface area contributed by atoms with Gasteiger partial charge >= 0.3 is 5.97 Å². The number of nitrogens with one attached hydrogen (secondary N) is 3. The molecule has 0 spiro atoms. The number of aromatic carboxylic acids is 1. The quantitative estimate of drug-likeness (QED) is 0.0916. The molecule has 0 bridgehead atoms. The number of nitrogens with zero attached hydrogens (tertiary/aromatic N) is 3. The SMILES string of the molecule is O=C(O)c1cccc(N=c2nc(Nc3ccc4c(S(=O)(=O)O)cc(S(=O)(=O)O)cc4c3)[nH]c(Nc3ccc4c(S(=O)(=O)O)cc(S(=O)(=O)O)cc4c3)n2)c1. The minimum absolute atomic E-state index is 0.0600. The van der Waals surface area contributed by atoms with E-state index < -0.39 is 66.0 Å². The van der Waals surface area contributed by atoms with Crippen molar-refractivity contribution in [1.29, 1.82) is 0 Å². The van der Waals surface area contributed by atoms with Crippen LogP contribution in [0.3, 0.4) is 0 Å². The van der Waals surface area contributed by atoms with Gasteiger partial charge in [-0.15, -0.1) is 0 Å². The highest BCUT2D eigenvalue weighted by Gasteiger charge is 2.22. The molecule has 0 amide bonds. The largest absolute Gasteiger partial charge is 0.478 e. The Morgan fingerprint density at radius 3 is 1.46 bits per heavy atom. The van der Waals surface area contributed by atoms with E-state index in [-0.39, 0.29) is 61.7 Å². The molecule has 0 aliphatic heterocycles. The van der Waals surface area contributed by atoms with E-state index in [2.05, 4.69) is 30.6 Å². The monoisotopic (exact) mass is 818 g/mol. The second-order valence-electron chi connectivity index (χ2n) is 11.2. The molecule has 6 rings (SSSR count). The first-order valence-corrected chi connectivity index (χ1v) is 20.3. The summed E-state index contributed by atoms with van der Waals surface area (Å²) in [5.74, 6) is -1.51. The van der Waals surface area contributed by atoms with E-state index in [4.69, 9.17) is 0 Å². The van der Waals surface area contributed by atoms with E-state index in [1.165, 1.54) is 60.7 Å². The zero-order chi connectivity index (χ0) is 39.4. The number of rotatable bonds is 10. The zero-order valence-electron chi connectivity index (χ0n) is 26.5. The molecule has 0 atom stereocenters. The molecule has 0 saturated heterocycles. The molecule has 20 nitrogen and oxygen atoms in total. The average Bonchev–Trinajstić information content (AvgIpc) is 3.05. The molecule has 1 aromatic heterocycles. The lowest BCUT2D eigenvalue weighted by molar-refractivity contribution is 0.0696. The third-order valence-electron chi connectivity index (χ3n) is 7.44. The van der Waals surface area contributed by atoms with Crippen molar-refractivity contribution >= 4 is 96.9 Å². The van der Waals surface area contributed by atoms with Crippen molar-refractivity contribution in [1.82, 2.24) is 15.0 Å². The highest BCUT2D eigenvalue weighted by atomic mass is 32.2. The van der Waals surface area contributed by atoms with Crippen LogP contribution in [0.2, 0.25) is 0 Å². The molecular formula is C30H22N6O14S4. The number of benzene rings is 5. The van der Waals surface area contributed by atoms with Gasteiger partial charge < -0.3 is 15.7 Å². The summed E-state index contributed by atoms with van der Waals surface area (Å²) in [6.07, 6.45) is 0. The van der Waals surface area contributed by atoms with Crippen LogP contribution in [0.25, 0.3) is 21.5 Å². The van der Waals surface area contributed by atoms with Crippen LogP contribution in [-0.4, -0.2) is 77.9 Å². The van der Waals surface area contributed by atoms with E-state index in [1.807, 2.05) is 0 Å².